The molecule has 2 aromatic carbocycles. The maximum absolute atomic E-state index is 12.8. The Labute approximate surface area is 205 Å². The highest BCUT2D eigenvalue weighted by atomic mass is 127. The topological polar surface area (TPSA) is 50.8 Å². The van der Waals surface area contributed by atoms with Gasteiger partial charge in [0.25, 0.3) is 5.82 Å². The van der Waals surface area contributed by atoms with Gasteiger partial charge in [-0.1, -0.05) is 23.7 Å². The summed E-state index contributed by atoms with van der Waals surface area (Å²) >= 11 is 8.28. The maximum Gasteiger partial charge on any atom is 0.296 e. The van der Waals surface area contributed by atoms with Crippen molar-refractivity contribution in [2.75, 3.05) is 5.32 Å². The highest BCUT2D eigenvalue weighted by Crippen LogP contribution is 2.18. The van der Waals surface area contributed by atoms with E-state index in [0.29, 0.717) is 17.1 Å². The molecule has 0 fully saturated rings. The average Bonchev–Trinajstić information content (AvgIpc) is 2.89. The molecule has 2 heterocycles. The van der Waals surface area contributed by atoms with Crippen LogP contribution < -0.4 is 26.9 Å². The second-order valence-electron chi connectivity index (χ2n) is 7.22. The Bertz CT molecular complexity index is 1020. The fourth-order valence-corrected chi connectivity index (χ4v) is 4.39. The van der Waals surface area contributed by atoms with E-state index >= 15 is 0 Å². The van der Waals surface area contributed by atoms with Crippen LogP contribution in [0.4, 0.5) is 5.69 Å². The summed E-state index contributed by atoms with van der Waals surface area (Å²) in [5.41, 5.74) is 1.76. The molecule has 158 valence electrons. The lowest BCUT2D eigenvalue weighted by Crippen LogP contribution is -3.00. The predicted molar refractivity (Wildman–Crippen MR) is 122 cm³/mol. The molecule has 8 heteroatoms. The molecule has 0 unspecified atom stereocenters. The summed E-state index contributed by atoms with van der Waals surface area (Å²) < 4.78 is 5.37. The summed E-state index contributed by atoms with van der Waals surface area (Å²) in [6.45, 7) is 1.84. The number of ketones is 1. The number of carbonyl (C=O) groups is 1. The zero-order valence-corrected chi connectivity index (χ0v) is 21.0. The number of halogens is 3. The Morgan fingerprint density at radius 3 is 2.67 bits per heavy atom. The van der Waals surface area contributed by atoms with Crippen molar-refractivity contribution < 1.29 is 26.3 Å². The molecule has 3 aromatic rings. The van der Waals surface area contributed by atoms with Crippen molar-refractivity contribution in [3.05, 3.63) is 74.3 Å². The summed E-state index contributed by atoms with van der Waals surface area (Å²) in [6, 6.07) is 15.3. The molecule has 0 saturated heterocycles. The fraction of sp³-hybridized carbons (Fsp3) is 0.318. The number of fused-ring (bicyclic) bond motifs is 1. The number of Topliss-reactive ketones (excluding diaryl/α,β-unsaturated/α-hetero) is 1. The zero-order chi connectivity index (χ0) is 20.2. The molecule has 1 N–H and O–H groups in total. The number of nitrogens with one attached hydrogen (secondary N) is 1. The Morgan fingerprint density at radius 1 is 1.13 bits per heavy atom. The molecule has 0 aliphatic carbocycles. The molecule has 0 spiro atoms. The minimum atomic E-state index is 0. The fourth-order valence-electron chi connectivity index (χ4n) is 3.69. The van der Waals surface area contributed by atoms with E-state index in [1.165, 1.54) is 9.99 Å². The molecule has 0 radical (unpaired) electrons. The van der Waals surface area contributed by atoms with Gasteiger partial charge in [0.1, 0.15) is 6.54 Å². The Hall–Kier alpha value is -1.45. The van der Waals surface area contributed by atoms with Crippen molar-refractivity contribution in [3.8, 4) is 0 Å². The Kier molecular flexibility index (Phi) is 8.30. The van der Waals surface area contributed by atoms with Crippen molar-refractivity contribution in [1.82, 2.24) is 9.78 Å². The summed E-state index contributed by atoms with van der Waals surface area (Å²) in [7, 11) is 0. The normalized spacial score (nSPS) is 13.1. The summed E-state index contributed by atoms with van der Waals surface area (Å²) in [6.07, 6.45) is 4.43. The molecule has 0 amide bonds. The van der Waals surface area contributed by atoms with Crippen molar-refractivity contribution in [3.63, 3.8) is 0 Å². The van der Waals surface area contributed by atoms with E-state index in [1.807, 2.05) is 16.8 Å². The third-order valence-corrected chi connectivity index (χ3v) is 6.40. The number of hydrogen-bond acceptors (Lipinski definition) is 3. The van der Waals surface area contributed by atoms with Gasteiger partial charge in [0, 0.05) is 31.4 Å². The highest BCUT2D eigenvalue weighted by molar-refractivity contribution is 14.1. The molecule has 1 aliphatic heterocycles. The first-order valence-corrected chi connectivity index (χ1v) is 11.3. The summed E-state index contributed by atoms with van der Waals surface area (Å²) in [5, 5.41) is 8.96. The van der Waals surface area contributed by atoms with Crippen LogP contribution >= 0.6 is 34.2 Å². The first-order valence-electron chi connectivity index (χ1n) is 9.87. The molecule has 1 aromatic heterocycles. The number of aromatic nitrogens is 3. The van der Waals surface area contributed by atoms with Gasteiger partial charge in [0.05, 0.1) is 6.54 Å². The van der Waals surface area contributed by atoms with Crippen molar-refractivity contribution >= 4 is 45.7 Å². The molecule has 30 heavy (non-hydrogen) atoms. The third-order valence-electron chi connectivity index (χ3n) is 5.21. The van der Waals surface area contributed by atoms with Crippen LogP contribution in [0.5, 0.6) is 0 Å². The van der Waals surface area contributed by atoms with E-state index in [4.69, 9.17) is 16.7 Å². The Morgan fingerprint density at radius 2 is 1.90 bits per heavy atom. The monoisotopic (exact) mass is 600 g/mol. The van der Waals surface area contributed by atoms with E-state index in [1.54, 1.807) is 24.3 Å². The highest BCUT2D eigenvalue weighted by Gasteiger charge is 2.28. The summed E-state index contributed by atoms with van der Waals surface area (Å²) in [4.78, 5) is 12.8. The number of hydrogen-bond donors (Lipinski definition) is 1. The second kappa shape index (κ2) is 10.7. The van der Waals surface area contributed by atoms with Crippen LogP contribution in [0.2, 0.25) is 5.02 Å². The number of carbonyl (C=O) groups excluding carboxylic acids is 1. The van der Waals surface area contributed by atoms with Gasteiger partial charge in [-0.25, -0.2) is 4.57 Å². The molecule has 4 rings (SSSR count). The van der Waals surface area contributed by atoms with E-state index in [2.05, 4.69) is 44.6 Å². The molecule has 0 bridgehead atoms. The molecular weight excluding hydrogens is 579 g/mol. The van der Waals surface area contributed by atoms with E-state index in [0.717, 1.165) is 43.1 Å². The average molecular weight is 602 g/mol. The van der Waals surface area contributed by atoms with Crippen LogP contribution in [0.15, 0.2) is 48.5 Å². The van der Waals surface area contributed by atoms with E-state index < -0.39 is 0 Å². The van der Waals surface area contributed by atoms with Crippen LogP contribution in [0.3, 0.4) is 0 Å². The van der Waals surface area contributed by atoms with Gasteiger partial charge in [0.2, 0.25) is 5.82 Å². The van der Waals surface area contributed by atoms with Crippen LogP contribution in [0.1, 0.15) is 41.3 Å². The van der Waals surface area contributed by atoms with E-state index in [9.17, 15) is 4.79 Å². The smallest absolute Gasteiger partial charge is 0.296 e. The van der Waals surface area contributed by atoms with Gasteiger partial charge in [0.15, 0.2) is 12.3 Å². The standard InChI is InChI=1S/C22H23ClIN4O.BrH/c23-17-11-9-16(10-12-17)20(29)15-28-22-8-2-1-5-13-27(22)21(26-28)14-25-19-7-4-3-6-18(19)24;/h3-4,6-7,9-12,25H,1-2,5,8,13-15H2;1H/q+1;/p-1. The van der Waals surface area contributed by atoms with Gasteiger partial charge < -0.3 is 22.3 Å². The molecule has 1 aliphatic rings. The van der Waals surface area contributed by atoms with Gasteiger partial charge in [-0.3, -0.25) is 4.79 Å². The lowest BCUT2D eigenvalue weighted by atomic mass is 10.1. The number of benzene rings is 2. The predicted octanol–water partition coefficient (Wildman–Crippen LogP) is 1.65. The molecule has 0 atom stereocenters. The lowest BCUT2D eigenvalue weighted by molar-refractivity contribution is -0.710. The number of anilines is 1. The van der Waals surface area contributed by atoms with Crippen molar-refractivity contribution in [2.45, 2.75) is 45.3 Å². The minimum Gasteiger partial charge on any atom is -1.00 e. The lowest BCUT2D eigenvalue weighted by Gasteiger charge is -2.06. The number of nitrogens with zero attached hydrogens (tertiary/aromatic N) is 3. The number of para-hydroxylation sites is 1. The molecule has 0 saturated carbocycles. The number of rotatable bonds is 6. The van der Waals surface area contributed by atoms with Crippen LogP contribution in [0, 0.1) is 3.57 Å². The molecular formula is C22H23BrClIN4O. The minimum absolute atomic E-state index is 0. The molecule has 5 nitrogen and oxygen atoms in total. The zero-order valence-electron chi connectivity index (χ0n) is 16.5. The third kappa shape index (κ3) is 5.42. The van der Waals surface area contributed by atoms with Crippen molar-refractivity contribution in [2.24, 2.45) is 0 Å². The van der Waals surface area contributed by atoms with Gasteiger partial charge in [-0.2, -0.15) is 0 Å². The van der Waals surface area contributed by atoms with Crippen LogP contribution in [-0.4, -0.2) is 15.6 Å². The van der Waals surface area contributed by atoms with Crippen molar-refractivity contribution in [1.29, 1.82) is 0 Å². The van der Waals surface area contributed by atoms with Gasteiger partial charge in [-0.15, -0.1) is 4.68 Å². The Balaban J connectivity index is 0.00000256. The first-order chi connectivity index (χ1) is 14.1. The van der Waals surface area contributed by atoms with Gasteiger partial charge >= 0.3 is 0 Å². The van der Waals surface area contributed by atoms with Crippen LogP contribution in [-0.2, 0) is 26.1 Å². The quantitative estimate of drug-likeness (QED) is 0.266. The first kappa shape index (κ1) is 23.2. The summed E-state index contributed by atoms with van der Waals surface area (Å²) in [5.74, 6) is 2.17. The maximum atomic E-state index is 12.8. The SMILES string of the molecule is O=C(Cn1nc(CNc2ccccc2I)[n+]2c1CCCCC2)c1ccc(Cl)cc1.[Br-]. The van der Waals surface area contributed by atoms with Crippen LogP contribution in [0.25, 0.3) is 0 Å². The largest absolute Gasteiger partial charge is 1.00 e. The van der Waals surface area contributed by atoms with E-state index in [-0.39, 0.29) is 29.3 Å². The second-order valence-corrected chi connectivity index (χ2v) is 8.81. The van der Waals surface area contributed by atoms with Gasteiger partial charge in [-0.05, 0) is 78.3 Å².